The van der Waals surface area contributed by atoms with Gasteiger partial charge in [-0.15, -0.1) is 11.8 Å². The number of fused-ring (bicyclic) bond motifs is 3. The Hall–Kier alpha value is -0.870. The van der Waals surface area contributed by atoms with E-state index in [9.17, 15) is 0 Å². The molecule has 2 aromatic carbocycles. The maximum atomic E-state index is 6.50. The maximum Gasteiger partial charge on any atom is 0.0544 e. The molecule has 0 aromatic heterocycles. The molecule has 0 bridgehead atoms. The van der Waals surface area contributed by atoms with E-state index in [1.807, 2.05) is 30.0 Å². The molecule has 3 heterocycles. The quantitative estimate of drug-likeness (QED) is 0.699. The standard InChI is InChI=1S/C20H20Cl2N2S/c21-13-2-3-17(22)14(10-13)12-8-15-16-11-23-5-4-18(16)24-6-1-7-25-19(9-12)20(15)24/h2-3,8-10,16,18,23H,1,4-7,11H2. The van der Waals surface area contributed by atoms with Crippen molar-refractivity contribution in [3.8, 4) is 11.1 Å². The Labute approximate surface area is 162 Å². The Morgan fingerprint density at radius 2 is 2.08 bits per heavy atom. The molecule has 3 aliphatic rings. The number of halogens is 2. The minimum absolute atomic E-state index is 0.583. The van der Waals surface area contributed by atoms with E-state index in [1.165, 1.54) is 46.8 Å². The van der Waals surface area contributed by atoms with E-state index in [0.29, 0.717) is 12.0 Å². The number of nitrogens with zero attached hydrogens (tertiary/aromatic N) is 1. The van der Waals surface area contributed by atoms with Gasteiger partial charge in [-0.2, -0.15) is 0 Å². The van der Waals surface area contributed by atoms with Gasteiger partial charge in [0.05, 0.1) is 5.69 Å². The second kappa shape index (κ2) is 6.38. The van der Waals surface area contributed by atoms with Crippen molar-refractivity contribution in [1.29, 1.82) is 0 Å². The van der Waals surface area contributed by atoms with E-state index in [1.54, 1.807) is 0 Å². The van der Waals surface area contributed by atoms with Crippen LogP contribution in [-0.4, -0.2) is 31.4 Å². The third-order valence-corrected chi connectivity index (χ3v) is 7.36. The molecule has 2 nitrogen and oxygen atoms in total. The van der Waals surface area contributed by atoms with Crippen molar-refractivity contribution < 1.29 is 0 Å². The van der Waals surface area contributed by atoms with Gasteiger partial charge in [0.25, 0.3) is 0 Å². The van der Waals surface area contributed by atoms with Gasteiger partial charge < -0.3 is 10.2 Å². The minimum Gasteiger partial charge on any atom is -0.367 e. The van der Waals surface area contributed by atoms with Crippen molar-refractivity contribution in [3.05, 3.63) is 45.9 Å². The van der Waals surface area contributed by atoms with E-state index in [-0.39, 0.29) is 0 Å². The molecule has 0 saturated carbocycles. The van der Waals surface area contributed by atoms with Gasteiger partial charge >= 0.3 is 0 Å². The van der Waals surface area contributed by atoms with Gasteiger partial charge in [0.1, 0.15) is 0 Å². The smallest absolute Gasteiger partial charge is 0.0544 e. The summed E-state index contributed by atoms with van der Waals surface area (Å²) in [4.78, 5) is 4.11. The number of anilines is 1. The molecule has 2 aromatic rings. The SMILES string of the molecule is Clc1ccc(Cl)c(-c2cc3c4c(c2)C2CNCCC2N4CCCS3)c1. The summed E-state index contributed by atoms with van der Waals surface area (Å²) in [7, 11) is 0. The van der Waals surface area contributed by atoms with Crippen molar-refractivity contribution in [2.75, 3.05) is 30.3 Å². The molecule has 2 atom stereocenters. The van der Waals surface area contributed by atoms with Crippen LogP contribution in [0.4, 0.5) is 5.69 Å². The lowest BCUT2D eigenvalue weighted by molar-refractivity contribution is 0.403. The van der Waals surface area contributed by atoms with E-state index < -0.39 is 0 Å². The molecule has 0 radical (unpaired) electrons. The van der Waals surface area contributed by atoms with Crippen LogP contribution in [0.3, 0.4) is 0 Å². The van der Waals surface area contributed by atoms with Gasteiger partial charge in [0, 0.05) is 45.6 Å². The Kier molecular flexibility index (Phi) is 4.16. The number of piperidine rings is 1. The minimum atomic E-state index is 0.583. The van der Waals surface area contributed by atoms with E-state index >= 15 is 0 Å². The second-order valence-electron chi connectivity index (χ2n) is 7.10. The van der Waals surface area contributed by atoms with Crippen LogP contribution in [0.1, 0.15) is 24.3 Å². The molecular weight excluding hydrogens is 371 g/mol. The summed E-state index contributed by atoms with van der Waals surface area (Å²) in [6.07, 6.45) is 2.49. The summed E-state index contributed by atoms with van der Waals surface area (Å²) >= 11 is 14.7. The summed E-state index contributed by atoms with van der Waals surface area (Å²) in [6, 6.07) is 11.1. The summed E-state index contributed by atoms with van der Waals surface area (Å²) in [5.74, 6) is 1.77. The monoisotopic (exact) mass is 390 g/mol. The zero-order valence-corrected chi connectivity index (χ0v) is 16.2. The first kappa shape index (κ1) is 16.3. The topological polar surface area (TPSA) is 15.3 Å². The van der Waals surface area contributed by atoms with E-state index in [2.05, 4.69) is 22.3 Å². The first-order valence-electron chi connectivity index (χ1n) is 8.96. The largest absolute Gasteiger partial charge is 0.367 e. The van der Waals surface area contributed by atoms with Crippen molar-refractivity contribution >= 4 is 40.7 Å². The molecule has 25 heavy (non-hydrogen) atoms. The van der Waals surface area contributed by atoms with Gasteiger partial charge in [0.2, 0.25) is 0 Å². The van der Waals surface area contributed by atoms with Crippen molar-refractivity contribution in [3.63, 3.8) is 0 Å². The highest BCUT2D eigenvalue weighted by molar-refractivity contribution is 7.99. The van der Waals surface area contributed by atoms with Crippen LogP contribution in [0.15, 0.2) is 35.2 Å². The molecule has 2 unspecified atom stereocenters. The third kappa shape index (κ3) is 2.68. The molecule has 0 aliphatic carbocycles. The Bertz CT molecular complexity index is 839. The predicted octanol–water partition coefficient (Wildman–Crippen LogP) is 5.42. The van der Waals surface area contributed by atoms with Crippen LogP contribution < -0.4 is 10.2 Å². The third-order valence-electron chi connectivity index (χ3n) is 5.68. The van der Waals surface area contributed by atoms with Crippen molar-refractivity contribution in [2.45, 2.75) is 29.7 Å². The summed E-state index contributed by atoms with van der Waals surface area (Å²) in [5, 5.41) is 5.10. The van der Waals surface area contributed by atoms with Gasteiger partial charge in [0.15, 0.2) is 0 Å². The average Bonchev–Trinajstić information content (AvgIpc) is 2.79. The molecular formula is C20H20Cl2N2S. The fourth-order valence-corrected chi connectivity index (χ4v) is 6.07. The van der Waals surface area contributed by atoms with Crippen LogP contribution in [-0.2, 0) is 0 Å². The number of rotatable bonds is 1. The van der Waals surface area contributed by atoms with Gasteiger partial charge in [-0.25, -0.2) is 0 Å². The first-order valence-corrected chi connectivity index (χ1v) is 10.7. The molecule has 5 heteroatoms. The molecule has 1 fully saturated rings. The van der Waals surface area contributed by atoms with E-state index in [4.69, 9.17) is 23.2 Å². The van der Waals surface area contributed by atoms with Crippen molar-refractivity contribution in [1.82, 2.24) is 5.32 Å². The Morgan fingerprint density at radius 1 is 1.16 bits per heavy atom. The van der Waals surface area contributed by atoms with Crippen molar-refractivity contribution in [2.24, 2.45) is 0 Å². The van der Waals surface area contributed by atoms with Crippen LogP contribution in [0, 0.1) is 0 Å². The number of hydrogen-bond acceptors (Lipinski definition) is 3. The lowest BCUT2D eigenvalue weighted by Crippen LogP contribution is -2.44. The van der Waals surface area contributed by atoms with Crippen LogP contribution in [0.2, 0.25) is 10.0 Å². The maximum absolute atomic E-state index is 6.50. The second-order valence-corrected chi connectivity index (χ2v) is 9.08. The van der Waals surface area contributed by atoms with Crippen LogP contribution in [0.5, 0.6) is 0 Å². The molecule has 1 saturated heterocycles. The fourth-order valence-electron chi connectivity index (χ4n) is 4.60. The van der Waals surface area contributed by atoms with Gasteiger partial charge in [-0.1, -0.05) is 23.2 Å². The molecule has 0 amide bonds. The fraction of sp³-hybridized carbons (Fsp3) is 0.400. The lowest BCUT2D eigenvalue weighted by atomic mass is 9.88. The normalized spacial score (nSPS) is 24.6. The summed E-state index contributed by atoms with van der Waals surface area (Å²) < 4.78 is 0. The highest BCUT2D eigenvalue weighted by atomic mass is 35.5. The molecule has 5 rings (SSSR count). The van der Waals surface area contributed by atoms with Gasteiger partial charge in [-0.3, -0.25) is 0 Å². The van der Waals surface area contributed by atoms with E-state index in [0.717, 1.165) is 28.7 Å². The summed E-state index contributed by atoms with van der Waals surface area (Å²) in [6.45, 7) is 3.39. The number of benzene rings is 2. The average molecular weight is 391 g/mol. The molecule has 0 spiro atoms. The Balaban J connectivity index is 1.70. The Morgan fingerprint density at radius 3 is 3.00 bits per heavy atom. The predicted molar refractivity (Wildman–Crippen MR) is 109 cm³/mol. The molecule has 130 valence electrons. The molecule has 3 aliphatic heterocycles. The van der Waals surface area contributed by atoms with Crippen LogP contribution in [0.25, 0.3) is 11.1 Å². The highest BCUT2D eigenvalue weighted by Crippen LogP contribution is 2.51. The first-order chi connectivity index (χ1) is 12.2. The number of thioether (sulfide) groups is 1. The molecule has 1 N–H and O–H groups in total. The zero-order chi connectivity index (χ0) is 17.0. The highest BCUT2D eigenvalue weighted by Gasteiger charge is 2.41. The van der Waals surface area contributed by atoms with Crippen LogP contribution >= 0.6 is 35.0 Å². The van der Waals surface area contributed by atoms with Gasteiger partial charge in [-0.05, 0) is 66.6 Å². The number of hydrogen-bond donors (Lipinski definition) is 1. The zero-order valence-electron chi connectivity index (χ0n) is 13.9. The number of nitrogens with one attached hydrogen (secondary N) is 1. The lowest BCUT2D eigenvalue weighted by Gasteiger charge is -2.33. The summed E-state index contributed by atoms with van der Waals surface area (Å²) in [5.41, 5.74) is 5.22.